The molecular formula is C15H14Br2O2. The van der Waals surface area contributed by atoms with Crippen molar-refractivity contribution in [3.05, 3.63) is 58.1 Å². The highest BCUT2D eigenvalue weighted by Crippen LogP contribution is 2.24. The highest BCUT2D eigenvalue weighted by Gasteiger charge is 2.04. The van der Waals surface area contributed by atoms with Gasteiger partial charge in [0.25, 0.3) is 0 Å². The van der Waals surface area contributed by atoms with Crippen molar-refractivity contribution < 1.29 is 9.47 Å². The van der Waals surface area contributed by atoms with Gasteiger partial charge in [0.05, 0.1) is 7.11 Å². The molecule has 0 aliphatic heterocycles. The van der Waals surface area contributed by atoms with Gasteiger partial charge in [-0.25, -0.2) is 0 Å². The van der Waals surface area contributed by atoms with E-state index in [0.717, 1.165) is 26.9 Å². The molecule has 0 N–H and O–H groups in total. The van der Waals surface area contributed by atoms with Crippen molar-refractivity contribution in [1.82, 2.24) is 0 Å². The molecule has 0 amide bonds. The predicted molar refractivity (Wildman–Crippen MR) is 84.1 cm³/mol. The Bertz CT molecular complexity index is 538. The van der Waals surface area contributed by atoms with Gasteiger partial charge in [0.2, 0.25) is 0 Å². The minimum absolute atomic E-state index is 0.482. The van der Waals surface area contributed by atoms with Crippen LogP contribution in [0.5, 0.6) is 11.5 Å². The topological polar surface area (TPSA) is 18.5 Å². The standard InChI is InChI=1S/C15H14Br2O2/c1-18-15-7-4-13(17)8-12(15)10-19-14-5-2-11(9-16)3-6-14/h2-8H,9-10H2,1H3. The fourth-order valence-electron chi connectivity index (χ4n) is 1.70. The van der Waals surface area contributed by atoms with Gasteiger partial charge >= 0.3 is 0 Å². The number of methoxy groups -OCH3 is 1. The molecule has 0 aromatic heterocycles. The Kier molecular flexibility index (Phi) is 5.28. The van der Waals surface area contributed by atoms with Crippen molar-refractivity contribution >= 4 is 31.9 Å². The molecule has 0 fully saturated rings. The van der Waals surface area contributed by atoms with Gasteiger partial charge < -0.3 is 9.47 Å². The Hall–Kier alpha value is -1.00. The van der Waals surface area contributed by atoms with Crippen LogP contribution in [0.2, 0.25) is 0 Å². The molecule has 0 aliphatic rings. The summed E-state index contributed by atoms with van der Waals surface area (Å²) < 4.78 is 12.1. The summed E-state index contributed by atoms with van der Waals surface area (Å²) in [5.74, 6) is 1.69. The first kappa shape index (κ1) is 14.4. The van der Waals surface area contributed by atoms with Gasteiger partial charge in [-0.2, -0.15) is 0 Å². The number of hydrogen-bond acceptors (Lipinski definition) is 2. The summed E-state index contributed by atoms with van der Waals surface area (Å²) in [6, 6.07) is 13.9. The third kappa shape index (κ3) is 3.98. The van der Waals surface area contributed by atoms with Crippen LogP contribution >= 0.6 is 31.9 Å². The molecule has 4 heteroatoms. The van der Waals surface area contributed by atoms with Gasteiger partial charge in [0, 0.05) is 15.4 Å². The van der Waals surface area contributed by atoms with Crippen LogP contribution in [-0.2, 0) is 11.9 Å². The lowest BCUT2D eigenvalue weighted by atomic mass is 10.2. The summed E-state index contributed by atoms with van der Waals surface area (Å²) in [6.07, 6.45) is 0. The van der Waals surface area contributed by atoms with Crippen molar-refractivity contribution in [2.75, 3.05) is 7.11 Å². The maximum atomic E-state index is 5.77. The molecular weight excluding hydrogens is 372 g/mol. The predicted octanol–water partition coefficient (Wildman–Crippen LogP) is 4.93. The van der Waals surface area contributed by atoms with Gasteiger partial charge in [-0.05, 0) is 35.9 Å². The lowest BCUT2D eigenvalue weighted by Crippen LogP contribution is -1.98. The van der Waals surface area contributed by atoms with Crippen molar-refractivity contribution in [2.45, 2.75) is 11.9 Å². The Morgan fingerprint density at radius 1 is 1.05 bits per heavy atom. The van der Waals surface area contributed by atoms with Crippen LogP contribution in [0, 0.1) is 0 Å². The lowest BCUT2D eigenvalue weighted by Gasteiger charge is -2.11. The molecule has 0 bridgehead atoms. The van der Waals surface area contributed by atoms with E-state index in [-0.39, 0.29) is 0 Å². The zero-order valence-electron chi connectivity index (χ0n) is 10.5. The van der Waals surface area contributed by atoms with Gasteiger partial charge in [0.15, 0.2) is 0 Å². The fourth-order valence-corrected chi connectivity index (χ4v) is 2.48. The van der Waals surface area contributed by atoms with E-state index in [1.165, 1.54) is 5.56 Å². The second-order valence-electron chi connectivity index (χ2n) is 4.02. The molecule has 2 aromatic rings. The van der Waals surface area contributed by atoms with E-state index in [2.05, 4.69) is 31.9 Å². The smallest absolute Gasteiger partial charge is 0.125 e. The quantitative estimate of drug-likeness (QED) is 0.679. The largest absolute Gasteiger partial charge is 0.496 e. The summed E-state index contributed by atoms with van der Waals surface area (Å²) in [5, 5.41) is 0.854. The summed E-state index contributed by atoms with van der Waals surface area (Å²) in [6.45, 7) is 0.482. The average molecular weight is 386 g/mol. The Morgan fingerprint density at radius 3 is 2.42 bits per heavy atom. The minimum atomic E-state index is 0.482. The summed E-state index contributed by atoms with van der Waals surface area (Å²) >= 11 is 6.88. The van der Waals surface area contributed by atoms with E-state index >= 15 is 0 Å². The SMILES string of the molecule is COc1ccc(Br)cc1COc1ccc(CBr)cc1. The number of rotatable bonds is 5. The Balaban J connectivity index is 2.07. The van der Waals surface area contributed by atoms with Crippen molar-refractivity contribution in [1.29, 1.82) is 0 Å². The molecule has 0 aliphatic carbocycles. The maximum Gasteiger partial charge on any atom is 0.125 e. The van der Waals surface area contributed by atoms with Crippen molar-refractivity contribution in [3.8, 4) is 11.5 Å². The fraction of sp³-hybridized carbons (Fsp3) is 0.200. The van der Waals surface area contributed by atoms with E-state index in [1.807, 2.05) is 42.5 Å². The Morgan fingerprint density at radius 2 is 1.79 bits per heavy atom. The summed E-state index contributed by atoms with van der Waals surface area (Å²) in [5.41, 5.74) is 2.24. The maximum absolute atomic E-state index is 5.77. The van der Waals surface area contributed by atoms with Crippen molar-refractivity contribution in [3.63, 3.8) is 0 Å². The molecule has 0 radical (unpaired) electrons. The van der Waals surface area contributed by atoms with Crippen molar-refractivity contribution in [2.24, 2.45) is 0 Å². The van der Waals surface area contributed by atoms with Crippen LogP contribution in [0.3, 0.4) is 0 Å². The van der Waals surface area contributed by atoms with Gasteiger partial charge in [-0.15, -0.1) is 0 Å². The Labute approximate surface area is 130 Å². The second-order valence-corrected chi connectivity index (χ2v) is 5.50. The monoisotopic (exact) mass is 384 g/mol. The van der Waals surface area contributed by atoms with Crippen LogP contribution in [-0.4, -0.2) is 7.11 Å². The van der Waals surface area contributed by atoms with Crippen LogP contribution in [0.4, 0.5) is 0 Å². The zero-order valence-corrected chi connectivity index (χ0v) is 13.7. The van der Waals surface area contributed by atoms with Crippen LogP contribution < -0.4 is 9.47 Å². The molecule has 0 saturated carbocycles. The normalized spacial score (nSPS) is 10.3. The first-order valence-electron chi connectivity index (χ1n) is 5.83. The van der Waals surface area contributed by atoms with E-state index in [1.54, 1.807) is 7.11 Å². The molecule has 100 valence electrons. The van der Waals surface area contributed by atoms with Gasteiger partial charge in [0.1, 0.15) is 18.1 Å². The molecule has 2 rings (SSSR count). The molecule has 0 spiro atoms. The first-order chi connectivity index (χ1) is 9.22. The van der Waals surface area contributed by atoms with E-state index in [9.17, 15) is 0 Å². The molecule has 19 heavy (non-hydrogen) atoms. The van der Waals surface area contributed by atoms with E-state index < -0.39 is 0 Å². The number of halogens is 2. The van der Waals surface area contributed by atoms with Crippen LogP contribution in [0.15, 0.2) is 46.9 Å². The number of benzene rings is 2. The van der Waals surface area contributed by atoms with Gasteiger partial charge in [-0.3, -0.25) is 0 Å². The number of hydrogen-bond donors (Lipinski definition) is 0. The molecule has 2 aromatic carbocycles. The van der Waals surface area contributed by atoms with Crippen LogP contribution in [0.1, 0.15) is 11.1 Å². The average Bonchev–Trinajstić information content (AvgIpc) is 2.46. The second kappa shape index (κ2) is 6.96. The number of alkyl halides is 1. The van der Waals surface area contributed by atoms with Crippen LogP contribution in [0.25, 0.3) is 0 Å². The molecule has 0 atom stereocenters. The minimum Gasteiger partial charge on any atom is -0.496 e. The molecule has 2 nitrogen and oxygen atoms in total. The number of ether oxygens (including phenoxy) is 2. The van der Waals surface area contributed by atoms with Gasteiger partial charge in [-0.1, -0.05) is 44.0 Å². The molecule has 0 saturated heterocycles. The zero-order chi connectivity index (χ0) is 13.7. The molecule has 0 unspecified atom stereocenters. The third-order valence-electron chi connectivity index (χ3n) is 2.71. The highest BCUT2D eigenvalue weighted by atomic mass is 79.9. The molecule has 0 heterocycles. The highest BCUT2D eigenvalue weighted by molar-refractivity contribution is 9.10. The first-order valence-corrected chi connectivity index (χ1v) is 7.74. The lowest BCUT2D eigenvalue weighted by molar-refractivity contribution is 0.296. The summed E-state index contributed by atoms with van der Waals surface area (Å²) in [4.78, 5) is 0. The van der Waals surface area contributed by atoms with E-state index in [0.29, 0.717) is 6.61 Å². The third-order valence-corrected chi connectivity index (χ3v) is 3.86. The van der Waals surface area contributed by atoms with E-state index in [4.69, 9.17) is 9.47 Å². The summed E-state index contributed by atoms with van der Waals surface area (Å²) in [7, 11) is 1.66.